The van der Waals surface area contributed by atoms with Gasteiger partial charge >= 0.3 is 0 Å². The third kappa shape index (κ3) is 2.22. The molecule has 0 saturated carbocycles. The number of hydrogen-bond acceptors (Lipinski definition) is 4. The lowest BCUT2D eigenvalue weighted by Gasteiger charge is -2.12. The van der Waals surface area contributed by atoms with E-state index < -0.39 is 0 Å². The van der Waals surface area contributed by atoms with Gasteiger partial charge in [-0.3, -0.25) is 9.97 Å². The Bertz CT molecular complexity index is 503. The Balaban J connectivity index is 1.79. The van der Waals surface area contributed by atoms with Crippen LogP contribution in [0.1, 0.15) is 12.8 Å². The zero-order valence-corrected chi connectivity index (χ0v) is 9.60. The second-order valence-corrected chi connectivity index (χ2v) is 4.28. The molecule has 1 unspecified atom stereocenters. The SMILES string of the molecule is c1cnc2c(NCC3CCCO3)cncc2c1. The molecule has 17 heavy (non-hydrogen) atoms. The zero-order valence-electron chi connectivity index (χ0n) is 9.60. The first kappa shape index (κ1) is 10.5. The van der Waals surface area contributed by atoms with E-state index in [1.54, 1.807) is 6.20 Å². The van der Waals surface area contributed by atoms with Crippen LogP contribution in [0, 0.1) is 0 Å². The summed E-state index contributed by atoms with van der Waals surface area (Å²) in [6.45, 7) is 1.72. The van der Waals surface area contributed by atoms with Crippen molar-refractivity contribution >= 4 is 16.6 Å². The number of pyridine rings is 2. The molecule has 4 nitrogen and oxygen atoms in total. The van der Waals surface area contributed by atoms with Crippen molar-refractivity contribution < 1.29 is 4.74 Å². The quantitative estimate of drug-likeness (QED) is 0.876. The van der Waals surface area contributed by atoms with Gasteiger partial charge in [-0.25, -0.2) is 0 Å². The summed E-state index contributed by atoms with van der Waals surface area (Å²) in [5.41, 5.74) is 1.96. The molecule has 88 valence electrons. The smallest absolute Gasteiger partial charge is 0.0964 e. The third-order valence-electron chi connectivity index (χ3n) is 3.06. The molecule has 1 aliphatic heterocycles. The van der Waals surface area contributed by atoms with E-state index >= 15 is 0 Å². The lowest BCUT2D eigenvalue weighted by atomic mass is 10.2. The van der Waals surface area contributed by atoms with Gasteiger partial charge in [0.1, 0.15) is 0 Å². The third-order valence-corrected chi connectivity index (χ3v) is 3.06. The Morgan fingerprint density at radius 1 is 1.41 bits per heavy atom. The average Bonchev–Trinajstić information content (AvgIpc) is 2.89. The summed E-state index contributed by atoms with van der Waals surface area (Å²) in [4.78, 5) is 8.60. The molecule has 0 spiro atoms. The molecule has 1 aliphatic rings. The van der Waals surface area contributed by atoms with Crippen molar-refractivity contribution in [3.05, 3.63) is 30.7 Å². The van der Waals surface area contributed by atoms with Crippen LogP contribution in [0.3, 0.4) is 0 Å². The second-order valence-electron chi connectivity index (χ2n) is 4.28. The lowest BCUT2D eigenvalue weighted by Crippen LogP contribution is -2.18. The Morgan fingerprint density at radius 3 is 3.29 bits per heavy atom. The Morgan fingerprint density at radius 2 is 2.41 bits per heavy atom. The van der Waals surface area contributed by atoms with E-state index in [1.165, 1.54) is 6.42 Å². The molecule has 1 atom stereocenters. The molecule has 1 fully saturated rings. The molecular weight excluding hydrogens is 214 g/mol. The largest absolute Gasteiger partial charge is 0.379 e. The number of nitrogens with one attached hydrogen (secondary N) is 1. The molecule has 3 heterocycles. The number of hydrogen-bond donors (Lipinski definition) is 1. The molecule has 0 amide bonds. The van der Waals surface area contributed by atoms with Crippen molar-refractivity contribution in [2.24, 2.45) is 0 Å². The van der Waals surface area contributed by atoms with Crippen LogP contribution < -0.4 is 5.32 Å². The highest BCUT2D eigenvalue weighted by molar-refractivity contribution is 5.88. The molecule has 3 rings (SSSR count). The summed E-state index contributed by atoms with van der Waals surface area (Å²) in [5.74, 6) is 0. The average molecular weight is 229 g/mol. The van der Waals surface area contributed by atoms with Crippen LogP contribution in [-0.4, -0.2) is 29.2 Å². The van der Waals surface area contributed by atoms with Crippen LogP contribution in [0.4, 0.5) is 5.69 Å². The van der Waals surface area contributed by atoms with Gasteiger partial charge in [0.15, 0.2) is 0 Å². The molecule has 0 bridgehead atoms. The van der Waals surface area contributed by atoms with Gasteiger partial charge < -0.3 is 10.1 Å². The van der Waals surface area contributed by atoms with Crippen LogP contribution in [-0.2, 0) is 4.74 Å². The van der Waals surface area contributed by atoms with Crippen molar-refractivity contribution in [1.82, 2.24) is 9.97 Å². The van der Waals surface area contributed by atoms with E-state index in [1.807, 2.05) is 24.5 Å². The van der Waals surface area contributed by atoms with Crippen molar-refractivity contribution in [3.8, 4) is 0 Å². The standard InChI is InChI=1S/C13H15N3O/c1-3-10-7-14-9-12(13(10)15-5-1)16-8-11-4-2-6-17-11/h1,3,5,7,9,11,16H,2,4,6,8H2. The fourth-order valence-corrected chi connectivity index (χ4v) is 2.16. The molecule has 2 aromatic rings. The van der Waals surface area contributed by atoms with Gasteiger partial charge in [0.05, 0.1) is 23.5 Å². The highest BCUT2D eigenvalue weighted by Crippen LogP contribution is 2.20. The van der Waals surface area contributed by atoms with E-state index in [9.17, 15) is 0 Å². The Hall–Kier alpha value is -1.68. The van der Waals surface area contributed by atoms with Gasteiger partial charge in [0, 0.05) is 30.9 Å². The van der Waals surface area contributed by atoms with E-state index in [0.29, 0.717) is 6.10 Å². The molecule has 2 aromatic heterocycles. The van der Waals surface area contributed by atoms with Crippen molar-refractivity contribution in [2.75, 3.05) is 18.5 Å². The highest BCUT2D eigenvalue weighted by Gasteiger charge is 2.15. The van der Waals surface area contributed by atoms with Crippen molar-refractivity contribution in [2.45, 2.75) is 18.9 Å². The van der Waals surface area contributed by atoms with Crippen LogP contribution in [0.2, 0.25) is 0 Å². The van der Waals surface area contributed by atoms with Crippen LogP contribution >= 0.6 is 0 Å². The summed E-state index contributed by atoms with van der Waals surface area (Å²) in [6.07, 6.45) is 8.09. The van der Waals surface area contributed by atoms with Gasteiger partial charge in [-0.15, -0.1) is 0 Å². The molecule has 0 aromatic carbocycles. The van der Waals surface area contributed by atoms with E-state index in [2.05, 4.69) is 15.3 Å². The Labute approximate surface area is 100 Å². The van der Waals surface area contributed by atoms with Crippen LogP contribution in [0.25, 0.3) is 10.9 Å². The summed E-state index contributed by atoms with van der Waals surface area (Å²) in [6, 6.07) is 3.94. The number of nitrogens with zero attached hydrogens (tertiary/aromatic N) is 2. The summed E-state index contributed by atoms with van der Waals surface area (Å²) < 4.78 is 5.58. The van der Waals surface area contributed by atoms with Gasteiger partial charge in [-0.2, -0.15) is 0 Å². The predicted octanol–water partition coefficient (Wildman–Crippen LogP) is 2.22. The lowest BCUT2D eigenvalue weighted by molar-refractivity contribution is 0.120. The van der Waals surface area contributed by atoms with Gasteiger partial charge in [0.25, 0.3) is 0 Å². The number of ether oxygens (including phenoxy) is 1. The van der Waals surface area contributed by atoms with E-state index in [0.717, 1.165) is 36.2 Å². The van der Waals surface area contributed by atoms with Crippen molar-refractivity contribution in [1.29, 1.82) is 0 Å². The first-order valence-corrected chi connectivity index (χ1v) is 5.98. The Kier molecular flexibility index (Phi) is 2.88. The number of aromatic nitrogens is 2. The summed E-state index contributed by atoms with van der Waals surface area (Å²) in [7, 11) is 0. The van der Waals surface area contributed by atoms with E-state index in [4.69, 9.17) is 4.74 Å². The first-order chi connectivity index (χ1) is 8.43. The summed E-state index contributed by atoms with van der Waals surface area (Å²) in [5, 5.41) is 4.44. The van der Waals surface area contributed by atoms with Gasteiger partial charge in [0.2, 0.25) is 0 Å². The normalized spacial score (nSPS) is 19.6. The van der Waals surface area contributed by atoms with Crippen LogP contribution in [0.15, 0.2) is 30.7 Å². The first-order valence-electron chi connectivity index (χ1n) is 5.98. The maximum Gasteiger partial charge on any atom is 0.0964 e. The minimum atomic E-state index is 0.328. The molecule has 1 saturated heterocycles. The highest BCUT2D eigenvalue weighted by atomic mass is 16.5. The van der Waals surface area contributed by atoms with Crippen molar-refractivity contribution in [3.63, 3.8) is 0 Å². The van der Waals surface area contributed by atoms with Gasteiger partial charge in [-0.05, 0) is 25.0 Å². The fraction of sp³-hybridized carbons (Fsp3) is 0.385. The minimum absolute atomic E-state index is 0.328. The number of anilines is 1. The topological polar surface area (TPSA) is 47.0 Å². The molecular formula is C13H15N3O. The molecule has 0 radical (unpaired) electrons. The maximum absolute atomic E-state index is 5.58. The second kappa shape index (κ2) is 4.67. The van der Waals surface area contributed by atoms with E-state index in [-0.39, 0.29) is 0 Å². The minimum Gasteiger partial charge on any atom is -0.379 e. The number of rotatable bonds is 3. The number of fused-ring (bicyclic) bond motifs is 1. The summed E-state index contributed by atoms with van der Waals surface area (Å²) >= 11 is 0. The fourth-order valence-electron chi connectivity index (χ4n) is 2.16. The molecule has 0 aliphatic carbocycles. The molecule has 4 heteroatoms. The predicted molar refractivity (Wildman–Crippen MR) is 67.0 cm³/mol. The van der Waals surface area contributed by atoms with Gasteiger partial charge in [-0.1, -0.05) is 0 Å². The maximum atomic E-state index is 5.58. The van der Waals surface area contributed by atoms with Crippen LogP contribution in [0.5, 0.6) is 0 Å². The molecule has 1 N–H and O–H groups in total. The monoisotopic (exact) mass is 229 g/mol. The zero-order chi connectivity index (χ0) is 11.5.